The van der Waals surface area contributed by atoms with Crippen LogP contribution in [0.15, 0.2) is 27.6 Å². The lowest BCUT2D eigenvalue weighted by atomic mass is 10.2. The van der Waals surface area contributed by atoms with Crippen LogP contribution >= 0.6 is 27.5 Å². The number of hydrogen-bond acceptors (Lipinski definition) is 1. The Morgan fingerprint density at radius 3 is 3.00 bits per heavy atom. The fourth-order valence-electron chi connectivity index (χ4n) is 1.04. The van der Waals surface area contributed by atoms with Gasteiger partial charge in [0.1, 0.15) is 0 Å². The average Bonchev–Trinajstić information content (AvgIpc) is 2.13. The third-order valence-electron chi connectivity index (χ3n) is 1.75. The van der Waals surface area contributed by atoms with E-state index < -0.39 is 0 Å². The van der Waals surface area contributed by atoms with Gasteiger partial charge in [-0.1, -0.05) is 6.92 Å². The Hall–Kier alpha value is -0.280. The molecular weight excluding hydrogens is 253 g/mol. The number of halogens is 2. The predicted octanol–water partition coefficient (Wildman–Crippen LogP) is 2.49. The van der Waals surface area contributed by atoms with Gasteiger partial charge >= 0.3 is 0 Å². The molecule has 0 aliphatic rings. The van der Waals surface area contributed by atoms with Crippen LogP contribution in [0.1, 0.15) is 6.92 Å². The molecule has 0 saturated heterocycles. The Labute approximate surface area is 90.7 Å². The minimum absolute atomic E-state index is 0.000494. The molecule has 1 aromatic heterocycles. The Kier molecular flexibility index (Phi) is 4.00. The highest BCUT2D eigenvalue weighted by molar-refractivity contribution is 9.10. The Morgan fingerprint density at radius 2 is 2.38 bits per heavy atom. The van der Waals surface area contributed by atoms with Gasteiger partial charge in [-0.25, -0.2) is 0 Å². The maximum Gasteiger partial charge on any atom is 0.264 e. The van der Waals surface area contributed by atoms with Crippen LogP contribution < -0.4 is 5.56 Å². The monoisotopic (exact) mass is 263 g/mol. The van der Waals surface area contributed by atoms with E-state index in [-0.39, 0.29) is 5.56 Å². The Bertz CT molecular complexity index is 337. The van der Waals surface area contributed by atoms with Crippen molar-refractivity contribution < 1.29 is 0 Å². The van der Waals surface area contributed by atoms with Crippen LogP contribution in [0.3, 0.4) is 0 Å². The van der Waals surface area contributed by atoms with Crippen LogP contribution in [0.25, 0.3) is 0 Å². The van der Waals surface area contributed by atoms with Crippen molar-refractivity contribution in [3.8, 4) is 0 Å². The summed E-state index contributed by atoms with van der Waals surface area (Å²) in [7, 11) is 0. The van der Waals surface area contributed by atoms with Crippen molar-refractivity contribution in [1.82, 2.24) is 4.57 Å². The predicted molar refractivity (Wildman–Crippen MR) is 58.3 cm³/mol. The highest BCUT2D eigenvalue weighted by Gasteiger charge is 2.04. The summed E-state index contributed by atoms with van der Waals surface area (Å²) in [5.41, 5.74) is -0.000494. The van der Waals surface area contributed by atoms with Gasteiger partial charge in [0, 0.05) is 18.6 Å². The van der Waals surface area contributed by atoms with E-state index in [4.69, 9.17) is 11.6 Å². The lowest BCUT2D eigenvalue weighted by molar-refractivity contribution is 0.514. The third-order valence-corrected chi connectivity index (χ3v) is 2.88. The van der Waals surface area contributed by atoms with Crippen LogP contribution in [0, 0.1) is 5.92 Å². The summed E-state index contributed by atoms with van der Waals surface area (Å²) in [6.45, 7) is 2.68. The second-order valence-electron chi connectivity index (χ2n) is 3.07. The minimum Gasteiger partial charge on any atom is -0.314 e. The fourth-order valence-corrected chi connectivity index (χ4v) is 1.51. The summed E-state index contributed by atoms with van der Waals surface area (Å²) >= 11 is 8.86. The summed E-state index contributed by atoms with van der Waals surface area (Å²) in [6, 6.07) is 3.58. The van der Waals surface area contributed by atoms with Crippen LogP contribution in [-0.2, 0) is 6.54 Å². The molecule has 1 heterocycles. The van der Waals surface area contributed by atoms with Crippen LogP contribution in [0.5, 0.6) is 0 Å². The van der Waals surface area contributed by atoms with Crippen molar-refractivity contribution in [2.75, 3.05) is 5.88 Å². The van der Waals surface area contributed by atoms with Crippen molar-refractivity contribution >= 4 is 27.5 Å². The second-order valence-corrected chi connectivity index (χ2v) is 4.24. The van der Waals surface area contributed by atoms with Crippen LogP contribution in [0.2, 0.25) is 0 Å². The van der Waals surface area contributed by atoms with Gasteiger partial charge in [0.2, 0.25) is 0 Å². The van der Waals surface area contributed by atoms with E-state index in [1.807, 2.05) is 13.0 Å². The van der Waals surface area contributed by atoms with E-state index in [1.54, 1.807) is 16.8 Å². The normalized spacial score (nSPS) is 12.8. The number of alkyl halides is 1. The summed E-state index contributed by atoms with van der Waals surface area (Å²) in [5.74, 6) is 0.882. The zero-order valence-corrected chi connectivity index (χ0v) is 9.68. The van der Waals surface area contributed by atoms with Gasteiger partial charge in [0.15, 0.2) is 0 Å². The summed E-state index contributed by atoms with van der Waals surface area (Å²) in [5, 5.41) is 0. The van der Waals surface area contributed by atoms with E-state index >= 15 is 0 Å². The molecule has 0 N–H and O–H groups in total. The zero-order chi connectivity index (χ0) is 9.84. The number of aromatic nitrogens is 1. The maximum absolute atomic E-state index is 11.5. The van der Waals surface area contributed by atoms with Gasteiger partial charge in [-0.3, -0.25) is 4.79 Å². The number of rotatable bonds is 3. The molecule has 1 aromatic rings. The standard InChI is InChI=1S/C9H11BrClNO/c1-7(5-11)6-12-4-2-3-8(10)9(12)13/h2-4,7H,5-6H2,1H3. The minimum atomic E-state index is -0.000494. The van der Waals surface area contributed by atoms with Crippen LogP contribution in [-0.4, -0.2) is 10.4 Å². The molecule has 1 atom stereocenters. The molecule has 1 rings (SSSR count). The molecule has 0 aromatic carbocycles. The molecule has 72 valence electrons. The van der Waals surface area contributed by atoms with Crippen molar-refractivity contribution in [2.45, 2.75) is 13.5 Å². The molecular formula is C9H11BrClNO. The van der Waals surface area contributed by atoms with E-state index in [1.165, 1.54) is 0 Å². The summed E-state index contributed by atoms with van der Waals surface area (Å²) in [6.07, 6.45) is 1.77. The first-order valence-corrected chi connectivity index (χ1v) is 5.39. The quantitative estimate of drug-likeness (QED) is 0.769. The van der Waals surface area contributed by atoms with Crippen molar-refractivity contribution in [3.63, 3.8) is 0 Å². The Balaban J connectivity index is 2.89. The average molecular weight is 265 g/mol. The van der Waals surface area contributed by atoms with Gasteiger partial charge in [-0.15, -0.1) is 11.6 Å². The summed E-state index contributed by atoms with van der Waals surface area (Å²) in [4.78, 5) is 11.5. The highest BCUT2D eigenvalue weighted by Crippen LogP contribution is 2.04. The molecule has 13 heavy (non-hydrogen) atoms. The molecule has 4 heteroatoms. The molecule has 0 amide bonds. The molecule has 0 radical (unpaired) electrons. The molecule has 2 nitrogen and oxygen atoms in total. The first-order valence-electron chi connectivity index (χ1n) is 4.06. The third kappa shape index (κ3) is 2.85. The molecule has 0 spiro atoms. The van der Waals surface area contributed by atoms with Crippen molar-refractivity contribution in [3.05, 3.63) is 33.2 Å². The summed E-state index contributed by atoms with van der Waals surface area (Å²) < 4.78 is 2.26. The van der Waals surface area contributed by atoms with Gasteiger partial charge in [-0.2, -0.15) is 0 Å². The van der Waals surface area contributed by atoms with E-state index in [0.717, 1.165) is 0 Å². The number of pyridine rings is 1. The smallest absolute Gasteiger partial charge is 0.264 e. The first kappa shape index (κ1) is 10.8. The Morgan fingerprint density at radius 1 is 1.69 bits per heavy atom. The SMILES string of the molecule is CC(CCl)Cn1cccc(Br)c1=O. The van der Waals surface area contributed by atoms with Gasteiger partial charge in [0.25, 0.3) is 5.56 Å². The fraction of sp³-hybridized carbons (Fsp3) is 0.444. The molecule has 0 aliphatic carbocycles. The largest absolute Gasteiger partial charge is 0.314 e. The molecule has 0 saturated carbocycles. The lowest BCUT2D eigenvalue weighted by Crippen LogP contribution is -2.23. The van der Waals surface area contributed by atoms with Gasteiger partial charge in [0.05, 0.1) is 4.47 Å². The van der Waals surface area contributed by atoms with E-state index in [0.29, 0.717) is 22.8 Å². The molecule has 0 aliphatic heterocycles. The zero-order valence-electron chi connectivity index (χ0n) is 7.34. The first-order chi connectivity index (χ1) is 6.15. The maximum atomic E-state index is 11.5. The van der Waals surface area contributed by atoms with Gasteiger partial charge in [-0.05, 0) is 34.0 Å². The second kappa shape index (κ2) is 4.82. The van der Waals surface area contributed by atoms with Gasteiger partial charge < -0.3 is 4.57 Å². The lowest BCUT2D eigenvalue weighted by Gasteiger charge is -2.09. The van der Waals surface area contributed by atoms with Crippen molar-refractivity contribution in [2.24, 2.45) is 5.92 Å². The number of nitrogens with zero attached hydrogens (tertiary/aromatic N) is 1. The number of hydrogen-bond donors (Lipinski definition) is 0. The van der Waals surface area contributed by atoms with E-state index in [9.17, 15) is 4.79 Å². The van der Waals surface area contributed by atoms with Crippen LogP contribution in [0.4, 0.5) is 0 Å². The highest BCUT2D eigenvalue weighted by atomic mass is 79.9. The van der Waals surface area contributed by atoms with Crippen molar-refractivity contribution in [1.29, 1.82) is 0 Å². The topological polar surface area (TPSA) is 22.0 Å². The molecule has 0 fully saturated rings. The van der Waals surface area contributed by atoms with E-state index in [2.05, 4.69) is 15.9 Å². The molecule has 0 bridgehead atoms. The molecule has 1 unspecified atom stereocenters.